The molecule has 1 atom stereocenters. The summed E-state index contributed by atoms with van der Waals surface area (Å²) < 4.78 is 6.47. The van der Waals surface area contributed by atoms with Gasteiger partial charge in [0.25, 0.3) is 0 Å². The number of hydrogen-bond acceptors (Lipinski definition) is 3. The molecule has 16 heavy (non-hydrogen) atoms. The zero-order valence-electron chi connectivity index (χ0n) is 9.20. The number of pyridine rings is 1. The molecule has 4 heteroatoms. The SMILES string of the molecule is CNC(c1ccncc1C)c1occc1Br. The lowest BCUT2D eigenvalue weighted by Crippen LogP contribution is -2.18. The van der Waals surface area contributed by atoms with Crippen LogP contribution in [0.1, 0.15) is 22.9 Å². The van der Waals surface area contributed by atoms with Crippen LogP contribution in [0.2, 0.25) is 0 Å². The van der Waals surface area contributed by atoms with Gasteiger partial charge in [0.05, 0.1) is 16.8 Å². The van der Waals surface area contributed by atoms with Crippen molar-refractivity contribution >= 4 is 15.9 Å². The second-order valence-corrected chi connectivity index (χ2v) is 4.44. The van der Waals surface area contributed by atoms with Crippen LogP contribution in [0, 0.1) is 6.92 Å². The molecule has 0 spiro atoms. The monoisotopic (exact) mass is 280 g/mol. The summed E-state index contributed by atoms with van der Waals surface area (Å²) in [5.74, 6) is 0.886. The Balaban J connectivity index is 2.45. The minimum absolute atomic E-state index is 0.0485. The van der Waals surface area contributed by atoms with Crippen LogP contribution in [-0.4, -0.2) is 12.0 Å². The molecular formula is C12H13BrN2O. The topological polar surface area (TPSA) is 38.1 Å². The first-order valence-electron chi connectivity index (χ1n) is 5.04. The maximum absolute atomic E-state index is 5.50. The fourth-order valence-electron chi connectivity index (χ4n) is 1.75. The van der Waals surface area contributed by atoms with E-state index in [4.69, 9.17) is 4.42 Å². The van der Waals surface area contributed by atoms with Gasteiger partial charge in [0.1, 0.15) is 5.76 Å². The molecule has 0 aromatic carbocycles. The predicted molar refractivity (Wildman–Crippen MR) is 66.3 cm³/mol. The molecule has 0 amide bonds. The molecule has 2 aromatic heterocycles. The van der Waals surface area contributed by atoms with E-state index in [1.54, 1.807) is 12.5 Å². The van der Waals surface area contributed by atoms with Gasteiger partial charge in [-0.3, -0.25) is 4.98 Å². The fraction of sp³-hybridized carbons (Fsp3) is 0.250. The van der Waals surface area contributed by atoms with E-state index in [9.17, 15) is 0 Å². The average Bonchev–Trinajstić information content (AvgIpc) is 2.69. The molecular weight excluding hydrogens is 268 g/mol. The van der Waals surface area contributed by atoms with Crippen LogP contribution in [0.4, 0.5) is 0 Å². The number of aromatic nitrogens is 1. The number of halogens is 1. The van der Waals surface area contributed by atoms with Crippen molar-refractivity contribution in [2.24, 2.45) is 0 Å². The van der Waals surface area contributed by atoms with Gasteiger partial charge >= 0.3 is 0 Å². The van der Waals surface area contributed by atoms with Gasteiger partial charge in [0.15, 0.2) is 0 Å². The van der Waals surface area contributed by atoms with Crippen molar-refractivity contribution in [3.05, 3.63) is 52.1 Å². The van der Waals surface area contributed by atoms with Crippen LogP contribution in [0.15, 0.2) is 39.7 Å². The Kier molecular flexibility index (Phi) is 3.41. The molecule has 0 saturated carbocycles. The summed E-state index contributed by atoms with van der Waals surface area (Å²) in [6, 6.07) is 3.95. The van der Waals surface area contributed by atoms with Crippen molar-refractivity contribution in [3.8, 4) is 0 Å². The zero-order chi connectivity index (χ0) is 11.5. The summed E-state index contributed by atoms with van der Waals surface area (Å²) in [5, 5.41) is 3.25. The van der Waals surface area contributed by atoms with Gasteiger partial charge < -0.3 is 9.73 Å². The van der Waals surface area contributed by atoms with E-state index in [0.29, 0.717) is 0 Å². The summed E-state index contributed by atoms with van der Waals surface area (Å²) in [7, 11) is 1.92. The molecule has 2 aromatic rings. The van der Waals surface area contributed by atoms with Crippen molar-refractivity contribution in [3.63, 3.8) is 0 Å². The molecule has 0 saturated heterocycles. The fourth-order valence-corrected chi connectivity index (χ4v) is 2.18. The van der Waals surface area contributed by atoms with Crippen molar-refractivity contribution in [2.45, 2.75) is 13.0 Å². The molecule has 0 aliphatic carbocycles. The van der Waals surface area contributed by atoms with E-state index < -0.39 is 0 Å². The third-order valence-electron chi connectivity index (χ3n) is 2.57. The Morgan fingerprint density at radius 3 is 2.81 bits per heavy atom. The van der Waals surface area contributed by atoms with Crippen LogP contribution in [-0.2, 0) is 0 Å². The van der Waals surface area contributed by atoms with Gasteiger partial charge in [-0.2, -0.15) is 0 Å². The molecule has 1 unspecified atom stereocenters. The molecule has 1 N–H and O–H groups in total. The van der Waals surface area contributed by atoms with Gasteiger partial charge in [-0.15, -0.1) is 0 Å². The highest BCUT2D eigenvalue weighted by molar-refractivity contribution is 9.10. The van der Waals surface area contributed by atoms with Crippen LogP contribution < -0.4 is 5.32 Å². The van der Waals surface area contributed by atoms with Gasteiger partial charge in [0.2, 0.25) is 0 Å². The van der Waals surface area contributed by atoms with Crippen LogP contribution in [0.5, 0.6) is 0 Å². The number of hydrogen-bond donors (Lipinski definition) is 1. The highest BCUT2D eigenvalue weighted by Crippen LogP contribution is 2.30. The second kappa shape index (κ2) is 4.80. The third-order valence-corrected chi connectivity index (χ3v) is 3.23. The molecule has 84 valence electrons. The molecule has 3 nitrogen and oxygen atoms in total. The quantitative estimate of drug-likeness (QED) is 0.939. The minimum atomic E-state index is 0.0485. The molecule has 0 aliphatic rings. The Labute approximate surface area is 103 Å². The number of furan rings is 1. The lowest BCUT2D eigenvalue weighted by Gasteiger charge is -2.16. The van der Waals surface area contributed by atoms with Gasteiger partial charge in [-0.1, -0.05) is 0 Å². The van der Waals surface area contributed by atoms with Crippen molar-refractivity contribution in [1.29, 1.82) is 0 Å². The Hall–Kier alpha value is -1.13. The Morgan fingerprint density at radius 1 is 1.44 bits per heavy atom. The molecule has 0 fully saturated rings. The first kappa shape index (κ1) is 11.4. The molecule has 2 heterocycles. The number of nitrogens with zero attached hydrogens (tertiary/aromatic N) is 1. The molecule has 2 rings (SSSR count). The molecule has 0 bridgehead atoms. The molecule has 0 aliphatic heterocycles. The first-order chi connectivity index (χ1) is 7.74. The number of aryl methyl sites for hydroxylation is 1. The summed E-state index contributed by atoms with van der Waals surface area (Å²) in [6.07, 6.45) is 5.33. The zero-order valence-corrected chi connectivity index (χ0v) is 10.8. The highest BCUT2D eigenvalue weighted by Gasteiger charge is 2.19. The Morgan fingerprint density at radius 2 is 2.25 bits per heavy atom. The van der Waals surface area contributed by atoms with E-state index in [0.717, 1.165) is 15.8 Å². The van der Waals surface area contributed by atoms with Gasteiger partial charge in [0, 0.05) is 12.4 Å². The van der Waals surface area contributed by atoms with E-state index in [-0.39, 0.29) is 6.04 Å². The smallest absolute Gasteiger partial charge is 0.139 e. The normalized spacial score (nSPS) is 12.7. The van der Waals surface area contributed by atoms with Crippen LogP contribution >= 0.6 is 15.9 Å². The van der Waals surface area contributed by atoms with Gasteiger partial charge in [-0.05, 0) is 53.2 Å². The highest BCUT2D eigenvalue weighted by atomic mass is 79.9. The summed E-state index contributed by atoms with van der Waals surface area (Å²) >= 11 is 3.48. The second-order valence-electron chi connectivity index (χ2n) is 3.59. The van der Waals surface area contributed by atoms with Crippen LogP contribution in [0.3, 0.4) is 0 Å². The average molecular weight is 281 g/mol. The third kappa shape index (κ3) is 2.03. The molecule has 0 radical (unpaired) electrons. The van der Waals surface area contributed by atoms with Crippen molar-refractivity contribution < 1.29 is 4.42 Å². The summed E-state index contributed by atoms with van der Waals surface area (Å²) in [6.45, 7) is 2.05. The minimum Gasteiger partial charge on any atom is -0.466 e. The maximum atomic E-state index is 5.50. The van der Waals surface area contributed by atoms with Crippen molar-refractivity contribution in [1.82, 2.24) is 10.3 Å². The lowest BCUT2D eigenvalue weighted by molar-refractivity contribution is 0.460. The first-order valence-corrected chi connectivity index (χ1v) is 5.84. The number of nitrogens with one attached hydrogen (secondary N) is 1. The summed E-state index contributed by atoms with van der Waals surface area (Å²) in [5.41, 5.74) is 2.32. The maximum Gasteiger partial charge on any atom is 0.139 e. The lowest BCUT2D eigenvalue weighted by atomic mass is 10.0. The summed E-state index contributed by atoms with van der Waals surface area (Å²) in [4.78, 5) is 4.10. The van der Waals surface area contributed by atoms with Crippen molar-refractivity contribution in [2.75, 3.05) is 7.05 Å². The number of rotatable bonds is 3. The van der Waals surface area contributed by atoms with E-state index in [1.807, 2.05) is 32.3 Å². The van der Waals surface area contributed by atoms with Crippen LogP contribution in [0.25, 0.3) is 0 Å². The van der Waals surface area contributed by atoms with E-state index >= 15 is 0 Å². The van der Waals surface area contributed by atoms with E-state index in [1.165, 1.54) is 5.56 Å². The largest absolute Gasteiger partial charge is 0.466 e. The van der Waals surface area contributed by atoms with E-state index in [2.05, 4.69) is 26.2 Å². The Bertz CT molecular complexity index is 481. The van der Waals surface area contributed by atoms with Gasteiger partial charge in [-0.25, -0.2) is 0 Å². The predicted octanol–water partition coefficient (Wildman–Crippen LogP) is 3.05. The standard InChI is InChI=1S/C12H13BrN2O/c1-8-7-15-5-3-9(8)11(14-2)12-10(13)4-6-16-12/h3-7,11,14H,1-2H3.